The Bertz CT molecular complexity index is 128. The van der Waals surface area contributed by atoms with E-state index in [1.54, 1.807) is 0 Å². The molecule has 0 amide bonds. The summed E-state index contributed by atoms with van der Waals surface area (Å²) in [4.78, 5) is 0. The highest BCUT2D eigenvalue weighted by atomic mass is 16.3. The van der Waals surface area contributed by atoms with E-state index in [2.05, 4.69) is 5.32 Å². The van der Waals surface area contributed by atoms with Gasteiger partial charge in [0, 0.05) is 6.04 Å². The van der Waals surface area contributed by atoms with E-state index in [-0.39, 0.29) is 6.10 Å². The first-order valence-electron chi connectivity index (χ1n) is 6.20. The van der Waals surface area contributed by atoms with Gasteiger partial charge in [-0.05, 0) is 39.2 Å². The normalized spacial score (nSPS) is 21.9. The van der Waals surface area contributed by atoms with Crippen LogP contribution in [0.3, 0.4) is 0 Å². The molecule has 1 fully saturated rings. The molecule has 0 aliphatic heterocycles. The lowest BCUT2D eigenvalue weighted by Crippen LogP contribution is -2.29. The van der Waals surface area contributed by atoms with Crippen LogP contribution >= 0.6 is 0 Å². The topological polar surface area (TPSA) is 32.3 Å². The number of nitrogens with one attached hydrogen (secondary N) is 1. The quantitative estimate of drug-likeness (QED) is 0.526. The van der Waals surface area contributed by atoms with E-state index in [1.807, 2.05) is 6.92 Å². The zero-order chi connectivity index (χ0) is 10.2. The van der Waals surface area contributed by atoms with E-state index in [0.29, 0.717) is 0 Å². The first-order chi connectivity index (χ1) is 6.79. The summed E-state index contributed by atoms with van der Waals surface area (Å²) in [7, 11) is 0. The molecule has 84 valence electrons. The summed E-state index contributed by atoms with van der Waals surface area (Å²) < 4.78 is 0. The summed E-state index contributed by atoms with van der Waals surface area (Å²) in [6.45, 7) is 2.95. The number of hydrogen-bond donors (Lipinski definition) is 2. The van der Waals surface area contributed by atoms with Crippen LogP contribution in [0.15, 0.2) is 0 Å². The molecule has 0 spiro atoms. The molecule has 0 aromatic rings. The molecule has 0 radical (unpaired) electrons. The highest BCUT2D eigenvalue weighted by molar-refractivity contribution is 4.70. The third-order valence-electron chi connectivity index (χ3n) is 3.09. The van der Waals surface area contributed by atoms with Crippen LogP contribution < -0.4 is 5.32 Å². The molecule has 1 aliphatic carbocycles. The second kappa shape index (κ2) is 7.24. The molecule has 1 aliphatic rings. The number of aliphatic hydroxyl groups is 1. The molecule has 0 aromatic carbocycles. The Balaban J connectivity index is 1.99. The second-order valence-corrected chi connectivity index (χ2v) is 4.63. The summed E-state index contributed by atoms with van der Waals surface area (Å²) in [5.74, 6) is 0. The maximum atomic E-state index is 9.11. The predicted molar refractivity (Wildman–Crippen MR) is 60.4 cm³/mol. The van der Waals surface area contributed by atoms with Gasteiger partial charge in [-0.2, -0.15) is 0 Å². The summed E-state index contributed by atoms with van der Waals surface area (Å²) in [6.07, 6.45) is 10.3. The average Bonchev–Trinajstić information content (AvgIpc) is 2.40. The summed E-state index contributed by atoms with van der Waals surface area (Å²) in [5.41, 5.74) is 0. The highest BCUT2D eigenvalue weighted by Crippen LogP contribution is 2.17. The lowest BCUT2D eigenvalue weighted by molar-refractivity contribution is 0.180. The number of aliphatic hydroxyl groups excluding tert-OH is 1. The van der Waals surface area contributed by atoms with E-state index in [9.17, 15) is 0 Å². The van der Waals surface area contributed by atoms with Crippen LogP contribution in [-0.2, 0) is 0 Å². The fraction of sp³-hybridized carbons (Fsp3) is 1.00. The minimum absolute atomic E-state index is 0.133. The number of rotatable bonds is 5. The first kappa shape index (κ1) is 12.0. The van der Waals surface area contributed by atoms with Crippen LogP contribution in [0, 0.1) is 0 Å². The van der Waals surface area contributed by atoms with Gasteiger partial charge in [-0.1, -0.05) is 25.7 Å². The Hall–Kier alpha value is -0.0800. The Kier molecular flexibility index (Phi) is 6.20. The van der Waals surface area contributed by atoms with Gasteiger partial charge in [0.2, 0.25) is 0 Å². The van der Waals surface area contributed by atoms with Gasteiger partial charge in [-0.3, -0.25) is 0 Å². The number of hydrogen-bond acceptors (Lipinski definition) is 2. The maximum Gasteiger partial charge on any atom is 0.0512 e. The SMILES string of the molecule is CC(O)CCCNC1CCCCCC1. The average molecular weight is 199 g/mol. The Morgan fingerprint density at radius 2 is 1.86 bits per heavy atom. The van der Waals surface area contributed by atoms with Crippen molar-refractivity contribution in [2.75, 3.05) is 6.54 Å². The van der Waals surface area contributed by atoms with E-state index in [4.69, 9.17) is 5.11 Å². The van der Waals surface area contributed by atoms with E-state index in [0.717, 1.165) is 25.4 Å². The Labute approximate surface area is 88.1 Å². The molecule has 0 saturated heterocycles. The van der Waals surface area contributed by atoms with Crippen LogP contribution in [-0.4, -0.2) is 23.8 Å². The standard InChI is InChI=1S/C12H25NO/c1-11(14)7-6-10-13-12-8-4-2-3-5-9-12/h11-14H,2-10H2,1H3. The fourth-order valence-corrected chi connectivity index (χ4v) is 2.19. The third kappa shape index (κ3) is 5.61. The maximum absolute atomic E-state index is 9.11. The Morgan fingerprint density at radius 3 is 2.43 bits per heavy atom. The lowest BCUT2D eigenvalue weighted by Gasteiger charge is -2.16. The predicted octanol–water partition coefficient (Wildman–Crippen LogP) is 2.46. The zero-order valence-corrected chi connectivity index (χ0v) is 9.47. The van der Waals surface area contributed by atoms with Crippen molar-refractivity contribution < 1.29 is 5.11 Å². The monoisotopic (exact) mass is 199 g/mol. The molecular weight excluding hydrogens is 174 g/mol. The molecule has 1 unspecified atom stereocenters. The van der Waals surface area contributed by atoms with Gasteiger partial charge >= 0.3 is 0 Å². The van der Waals surface area contributed by atoms with Crippen LogP contribution in [0.1, 0.15) is 58.3 Å². The first-order valence-corrected chi connectivity index (χ1v) is 6.20. The third-order valence-corrected chi connectivity index (χ3v) is 3.09. The van der Waals surface area contributed by atoms with Gasteiger partial charge in [0.1, 0.15) is 0 Å². The molecule has 0 aromatic heterocycles. The van der Waals surface area contributed by atoms with Gasteiger partial charge in [-0.15, -0.1) is 0 Å². The van der Waals surface area contributed by atoms with Crippen molar-refractivity contribution >= 4 is 0 Å². The molecule has 1 atom stereocenters. The molecular formula is C12H25NO. The van der Waals surface area contributed by atoms with Gasteiger partial charge < -0.3 is 10.4 Å². The Morgan fingerprint density at radius 1 is 1.21 bits per heavy atom. The van der Waals surface area contributed by atoms with E-state index in [1.165, 1.54) is 38.5 Å². The van der Waals surface area contributed by atoms with Crippen molar-refractivity contribution in [1.29, 1.82) is 0 Å². The molecule has 14 heavy (non-hydrogen) atoms. The van der Waals surface area contributed by atoms with Gasteiger partial charge in [-0.25, -0.2) is 0 Å². The molecule has 0 heterocycles. The molecule has 0 bridgehead atoms. The minimum atomic E-state index is -0.133. The van der Waals surface area contributed by atoms with E-state index >= 15 is 0 Å². The molecule has 1 saturated carbocycles. The molecule has 2 nitrogen and oxygen atoms in total. The van der Waals surface area contributed by atoms with Crippen molar-refractivity contribution in [3.8, 4) is 0 Å². The minimum Gasteiger partial charge on any atom is -0.393 e. The smallest absolute Gasteiger partial charge is 0.0512 e. The summed E-state index contributed by atoms with van der Waals surface area (Å²) >= 11 is 0. The van der Waals surface area contributed by atoms with Crippen molar-refractivity contribution in [1.82, 2.24) is 5.32 Å². The largest absolute Gasteiger partial charge is 0.393 e. The van der Waals surface area contributed by atoms with Gasteiger partial charge in [0.15, 0.2) is 0 Å². The zero-order valence-electron chi connectivity index (χ0n) is 9.47. The van der Waals surface area contributed by atoms with Crippen molar-refractivity contribution in [2.45, 2.75) is 70.4 Å². The van der Waals surface area contributed by atoms with E-state index < -0.39 is 0 Å². The van der Waals surface area contributed by atoms with Crippen molar-refractivity contribution in [3.05, 3.63) is 0 Å². The van der Waals surface area contributed by atoms with Crippen molar-refractivity contribution in [3.63, 3.8) is 0 Å². The van der Waals surface area contributed by atoms with Gasteiger partial charge in [0.25, 0.3) is 0 Å². The molecule has 2 heteroatoms. The highest BCUT2D eigenvalue weighted by Gasteiger charge is 2.10. The van der Waals surface area contributed by atoms with Gasteiger partial charge in [0.05, 0.1) is 6.10 Å². The van der Waals surface area contributed by atoms with Crippen molar-refractivity contribution in [2.24, 2.45) is 0 Å². The van der Waals surface area contributed by atoms with Crippen LogP contribution in [0.2, 0.25) is 0 Å². The fourth-order valence-electron chi connectivity index (χ4n) is 2.19. The summed E-state index contributed by atoms with van der Waals surface area (Å²) in [5, 5.41) is 12.7. The van der Waals surface area contributed by atoms with Crippen LogP contribution in [0.5, 0.6) is 0 Å². The molecule has 1 rings (SSSR count). The summed E-state index contributed by atoms with van der Waals surface area (Å²) in [6, 6.07) is 0.756. The van der Waals surface area contributed by atoms with Crippen LogP contribution in [0.4, 0.5) is 0 Å². The van der Waals surface area contributed by atoms with Crippen LogP contribution in [0.25, 0.3) is 0 Å². The second-order valence-electron chi connectivity index (χ2n) is 4.63. The molecule has 2 N–H and O–H groups in total. The lowest BCUT2D eigenvalue weighted by atomic mass is 10.1.